The van der Waals surface area contributed by atoms with E-state index in [9.17, 15) is 18.0 Å². The first-order valence-corrected chi connectivity index (χ1v) is 9.58. The molecule has 4 rings (SSSR count). The Morgan fingerprint density at radius 3 is 2.59 bits per heavy atom. The molecule has 0 saturated heterocycles. The summed E-state index contributed by atoms with van der Waals surface area (Å²) in [4.78, 5) is 17.2. The van der Waals surface area contributed by atoms with Crippen LogP contribution in [0.4, 0.5) is 19.0 Å². The first-order valence-electron chi connectivity index (χ1n) is 9.58. The van der Waals surface area contributed by atoms with Gasteiger partial charge < -0.3 is 10.1 Å². The Labute approximate surface area is 180 Å². The normalized spacial score (nSPS) is 11.5. The van der Waals surface area contributed by atoms with E-state index in [1.54, 1.807) is 19.9 Å². The maximum absolute atomic E-state index is 13.4. The number of amides is 1. The Kier molecular flexibility index (Phi) is 5.47. The first-order chi connectivity index (χ1) is 15.3. The summed E-state index contributed by atoms with van der Waals surface area (Å²) in [6, 6.07) is 9.63. The number of carbonyl (C=O) groups is 1. The largest absolute Gasteiger partial charge is 0.477 e. The zero-order valence-electron chi connectivity index (χ0n) is 17.0. The third-order valence-corrected chi connectivity index (χ3v) is 4.57. The van der Waals surface area contributed by atoms with E-state index in [1.807, 2.05) is 0 Å². The van der Waals surface area contributed by atoms with Gasteiger partial charge in [0, 0.05) is 17.8 Å². The fourth-order valence-corrected chi connectivity index (χ4v) is 3.20. The van der Waals surface area contributed by atoms with Gasteiger partial charge in [-0.1, -0.05) is 18.2 Å². The summed E-state index contributed by atoms with van der Waals surface area (Å²) >= 11 is 0. The van der Waals surface area contributed by atoms with Crippen molar-refractivity contribution in [2.75, 3.05) is 11.9 Å². The summed E-state index contributed by atoms with van der Waals surface area (Å²) in [7, 11) is 0. The van der Waals surface area contributed by atoms with Gasteiger partial charge in [-0.25, -0.2) is 9.50 Å². The van der Waals surface area contributed by atoms with Crippen LogP contribution in [0.25, 0.3) is 16.9 Å². The minimum atomic E-state index is -4.55. The van der Waals surface area contributed by atoms with Crippen LogP contribution < -0.4 is 10.1 Å². The average molecular weight is 442 g/mol. The summed E-state index contributed by atoms with van der Waals surface area (Å²) in [5.41, 5.74) is -0.246. The highest BCUT2D eigenvalue weighted by atomic mass is 19.4. The van der Waals surface area contributed by atoms with Gasteiger partial charge in [-0.05, 0) is 32.0 Å². The van der Waals surface area contributed by atoms with Crippen molar-refractivity contribution < 1.29 is 22.7 Å². The van der Waals surface area contributed by atoms with Gasteiger partial charge >= 0.3 is 6.18 Å². The van der Waals surface area contributed by atoms with E-state index < -0.39 is 17.6 Å². The minimum Gasteiger partial charge on any atom is -0.477 e. The smallest absolute Gasteiger partial charge is 0.417 e. The van der Waals surface area contributed by atoms with Crippen LogP contribution in [0.3, 0.4) is 0 Å². The Morgan fingerprint density at radius 1 is 1.12 bits per heavy atom. The zero-order valence-corrected chi connectivity index (χ0v) is 17.0. The van der Waals surface area contributed by atoms with Gasteiger partial charge in [0.1, 0.15) is 5.56 Å². The number of alkyl halides is 3. The Hall–Kier alpha value is -4.02. The molecule has 0 unspecified atom stereocenters. The predicted molar refractivity (Wildman–Crippen MR) is 109 cm³/mol. The summed E-state index contributed by atoms with van der Waals surface area (Å²) in [6.45, 7) is 3.84. The molecule has 0 aliphatic heterocycles. The van der Waals surface area contributed by atoms with Crippen LogP contribution in [0.5, 0.6) is 5.88 Å². The number of anilines is 1. The second kappa shape index (κ2) is 8.25. The molecule has 32 heavy (non-hydrogen) atoms. The van der Waals surface area contributed by atoms with Gasteiger partial charge in [0.2, 0.25) is 5.88 Å². The number of benzene rings is 1. The van der Waals surface area contributed by atoms with Crippen molar-refractivity contribution in [2.45, 2.75) is 20.0 Å². The average Bonchev–Trinajstić information content (AvgIpc) is 3.09. The van der Waals surface area contributed by atoms with E-state index in [0.717, 1.165) is 6.07 Å². The number of halogens is 3. The van der Waals surface area contributed by atoms with Gasteiger partial charge in [0.25, 0.3) is 5.91 Å². The van der Waals surface area contributed by atoms with Crippen LogP contribution >= 0.6 is 0 Å². The lowest BCUT2D eigenvalue weighted by atomic mass is 10.0. The van der Waals surface area contributed by atoms with Crippen molar-refractivity contribution >= 4 is 17.4 Å². The Bertz CT molecular complexity index is 1290. The molecular formula is C21H17F3N6O2. The van der Waals surface area contributed by atoms with E-state index in [4.69, 9.17) is 4.74 Å². The molecule has 164 valence electrons. The summed E-state index contributed by atoms with van der Waals surface area (Å²) in [5, 5.41) is 14.6. The van der Waals surface area contributed by atoms with Crippen molar-refractivity contribution in [3.05, 3.63) is 65.5 Å². The monoisotopic (exact) mass is 442 g/mol. The fourth-order valence-electron chi connectivity index (χ4n) is 3.20. The molecule has 0 fully saturated rings. The van der Waals surface area contributed by atoms with Gasteiger partial charge in [0.15, 0.2) is 11.5 Å². The number of hydrogen-bond donors (Lipinski definition) is 1. The van der Waals surface area contributed by atoms with Gasteiger partial charge in [-0.2, -0.15) is 18.3 Å². The summed E-state index contributed by atoms with van der Waals surface area (Å²) < 4.78 is 46.9. The molecule has 0 aliphatic rings. The van der Waals surface area contributed by atoms with Crippen LogP contribution in [0.1, 0.15) is 28.5 Å². The standard InChI is InChI=1S/C21H17F3N6O2/c1-3-32-17-9-8-16(27-28-17)26-20(31)18-12(2)29-30-11-10-15(25-19(18)30)13-6-4-5-7-14(13)21(22,23)24/h4-11H,3H2,1-2H3,(H,26,27,31). The second-order valence-electron chi connectivity index (χ2n) is 6.73. The number of aromatic nitrogens is 5. The molecule has 1 amide bonds. The SMILES string of the molecule is CCOc1ccc(NC(=O)c2c(C)nn3ccc(-c4ccccc4C(F)(F)F)nc23)nn1. The van der Waals surface area contributed by atoms with Crippen molar-refractivity contribution in [3.8, 4) is 17.1 Å². The molecule has 0 saturated carbocycles. The van der Waals surface area contributed by atoms with Crippen LogP contribution in [0.15, 0.2) is 48.7 Å². The number of nitrogens with one attached hydrogen (secondary N) is 1. The summed E-state index contributed by atoms with van der Waals surface area (Å²) in [5.74, 6) is -0.0761. The fraction of sp³-hybridized carbons (Fsp3) is 0.190. The van der Waals surface area contributed by atoms with Crippen LogP contribution in [-0.4, -0.2) is 37.3 Å². The number of rotatable bonds is 5. The van der Waals surface area contributed by atoms with E-state index >= 15 is 0 Å². The number of carbonyl (C=O) groups excluding carboxylic acids is 1. The highest BCUT2D eigenvalue weighted by Gasteiger charge is 2.33. The number of fused-ring (bicyclic) bond motifs is 1. The predicted octanol–water partition coefficient (Wildman–Crippen LogP) is 4.16. The van der Waals surface area contributed by atoms with E-state index in [0.29, 0.717) is 18.2 Å². The molecule has 0 aliphatic carbocycles. The highest BCUT2D eigenvalue weighted by Crippen LogP contribution is 2.36. The Morgan fingerprint density at radius 2 is 1.91 bits per heavy atom. The van der Waals surface area contributed by atoms with Crippen LogP contribution in [0.2, 0.25) is 0 Å². The van der Waals surface area contributed by atoms with Crippen molar-refractivity contribution in [1.29, 1.82) is 0 Å². The number of nitrogens with zero attached hydrogens (tertiary/aromatic N) is 5. The second-order valence-corrected chi connectivity index (χ2v) is 6.73. The molecule has 0 bridgehead atoms. The van der Waals surface area contributed by atoms with Crippen molar-refractivity contribution in [1.82, 2.24) is 24.8 Å². The molecule has 1 aromatic carbocycles. The van der Waals surface area contributed by atoms with Crippen molar-refractivity contribution in [3.63, 3.8) is 0 Å². The van der Waals surface area contributed by atoms with Crippen molar-refractivity contribution in [2.24, 2.45) is 0 Å². The molecule has 3 aromatic heterocycles. The van der Waals surface area contributed by atoms with Gasteiger partial charge in [0.05, 0.1) is 23.6 Å². The van der Waals surface area contributed by atoms with E-state index in [-0.39, 0.29) is 28.3 Å². The lowest BCUT2D eigenvalue weighted by Crippen LogP contribution is -2.15. The molecular weight excluding hydrogens is 425 g/mol. The molecule has 0 radical (unpaired) electrons. The summed E-state index contributed by atoms with van der Waals surface area (Å²) in [6.07, 6.45) is -3.08. The Balaban J connectivity index is 1.72. The molecule has 0 atom stereocenters. The maximum atomic E-state index is 13.4. The number of aryl methyl sites for hydroxylation is 1. The minimum absolute atomic E-state index is 0.0697. The number of hydrogen-bond acceptors (Lipinski definition) is 6. The first kappa shape index (κ1) is 21.2. The highest BCUT2D eigenvalue weighted by molar-refractivity contribution is 6.08. The van der Waals surface area contributed by atoms with E-state index in [1.165, 1.54) is 41.0 Å². The topological polar surface area (TPSA) is 94.3 Å². The molecule has 3 heterocycles. The van der Waals surface area contributed by atoms with E-state index in [2.05, 4.69) is 25.6 Å². The maximum Gasteiger partial charge on any atom is 0.417 e. The lowest BCUT2D eigenvalue weighted by Gasteiger charge is -2.12. The lowest BCUT2D eigenvalue weighted by molar-refractivity contribution is -0.137. The van der Waals surface area contributed by atoms with Crippen LogP contribution in [-0.2, 0) is 6.18 Å². The molecule has 11 heteroatoms. The third-order valence-electron chi connectivity index (χ3n) is 4.57. The third kappa shape index (κ3) is 4.09. The molecule has 1 N–H and O–H groups in total. The number of ether oxygens (including phenoxy) is 1. The quantitative estimate of drug-likeness (QED) is 0.499. The molecule has 4 aromatic rings. The molecule has 8 nitrogen and oxygen atoms in total. The zero-order chi connectivity index (χ0) is 22.9. The van der Waals surface area contributed by atoms with Gasteiger partial charge in [-0.15, -0.1) is 10.2 Å². The van der Waals surface area contributed by atoms with Gasteiger partial charge in [-0.3, -0.25) is 4.79 Å². The molecule has 0 spiro atoms. The van der Waals surface area contributed by atoms with Crippen LogP contribution in [0, 0.1) is 6.92 Å².